The monoisotopic (exact) mass is 335 g/mol. The minimum absolute atomic E-state index is 0.247. The van der Waals surface area contributed by atoms with Crippen LogP contribution in [0, 0.1) is 6.92 Å². The van der Waals surface area contributed by atoms with Gasteiger partial charge in [-0.05, 0) is 53.5 Å². The second-order valence-corrected chi connectivity index (χ2v) is 5.01. The summed E-state index contributed by atoms with van der Waals surface area (Å²) in [6, 6.07) is 8.93. The number of ether oxygens (including phenoxy) is 1. The molecule has 20 heavy (non-hydrogen) atoms. The molecule has 1 N–H and O–H groups in total. The van der Waals surface area contributed by atoms with Crippen molar-refractivity contribution in [1.82, 2.24) is 15.5 Å². The van der Waals surface area contributed by atoms with E-state index in [2.05, 4.69) is 31.4 Å². The lowest BCUT2D eigenvalue weighted by molar-refractivity contribution is 0.0949. The number of hydrogen-bond donors (Lipinski definition) is 1. The van der Waals surface area contributed by atoms with E-state index in [0.29, 0.717) is 18.2 Å². The maximum absolute atomic E-state index is 11.5. The first-order valence-electron chi connectivity index (χ1n) is 6.16. The Balaban J connectivity index is 2.12. The van der Waals surface area contributed by atoms with Crippen molar-refractivity contribution in [2.45, 2.75) is 13.8 Å². The Labute approximate surface area is 125 Å². The third-order valence-electron chi connectivity index (χ3n) is 2.51. The second kappa shape index (κ2) is 6.47. The summed E-state index contributed by atoms with van der Waals surface area (Å²) < 4.78 is 6.45. The Hall–Kier alpha value is -1.95. The molecule has 1 heterocycles. The number of hydrogen-bond acceptors (Lipinski definition) is 4. The van der Waals surface area contributed by atoms with Gasteiger partial charge in [0.15, 0.2) is 5.69 Å². The van der Waals surface area contributed by atoms with E-state index >= 15 is 0 Å². The molecule has 2 aromatic rings. The molecule has 1 aromatic heterocycles. The number of nitrogens with zero attached hydrogens (tertiary/aromatic N) is 2. The summed E-state index contributed by atoms with van der Waals surface area (Å²) in [6.45, 7) is 4.39. The number of rotatable bonds is 4. The first-order chi connectivity index (χ1) is 9.60. The minimum Gasteiger partial charge on any atom is -0.436 e. The van der Waals surface area contributed by atoms with Crippen molar-refractivity contribution in [3.05, 3.63) is 46.1 Å². The molecule has 104 valence electrons. The van der Waals surface area contributed by atoms with Gasteiger partial charge in [-0.15, -0.1) is 10.2 Å². The van der Waals surface area contributed by atoms with E-state index in [0.717, 1.165) is 10.0 Å². The van der Waals surface area contributed by atoms with Crippen molar-refractivity contribution < 1.29 is 9.53 Å². The predicted molar refractivity (Wildman–Crippen MR) is 79.0 cm³/mol. The van der Waals surface area contributed by atoms with E-state index in [1.165, 1.54) is 0 Å². The third-order valence-corrected chi connectivity index (χ3v) is 3.13. The van der Waals surface area contributed by atoms with Gasteiger partial charge < -0.3 is 10.1 Å². The van der Waals surface area contributed by atoms with Crippen LogP contribution in [0.15, 0.2) is 34.8 Å². The van der Waals surface area contributed by atoms with Crippen molar-refractivity contribution >= 4 is 21.8 Å². The summed E-state index contributed by atoms with van der Waals surface area (Å²) in [4.78, 5) is 11.5. The van der Waals surface area contributed by atoms with E-state index in [4.69, 9.17) is 4.74 Å². The molecule has 2 rings (SSSR count). The Kier molecular flexibility index (Phi) is 4.68. The van der Waals surface area contributed by atoms with Crippen LogP contribution in [0.4, 0.5) is 0 Å². The van der Waals surface area contributed by atoms with Crippen LogP contribution >= 0.6 is 15.9 Å². The molecule has 0 saturated carbocycles. The fraction of sp³-hybridized carbons (Fsp3) is 0.214. The van der Waals surface area contributed by atoms with Gasteiger partial charge in [0, 0.05) is 12.6 Å². The van der Waals surface area contributed by atoms with Crippen LogP contribution in [0.1, 0.15) is 23.0 Å². The maximum atomic E-state index is 11.5. The molecule has 0 aliphatic carbocycles. The number of benzene rings is 1. The van der Waals surface area contributed by atoms with Gasteiger partial charge in [-0.1, -0.05) is 6.07 Å². The van der Waals surface area contributed by atoms with Crippen LogP contribution in [0.5, 0.6) is 11.6 Å². The lowest BCUT2D eigenvalue weighted by atomic mass is 10.2. The predicted octanol–water partition coefficient (Wildman–Crippen LogP) is 3.09. The molecule has 5 nitrogen and oxygen atoms in total. The first-order valence-corrected chi connectivity index (χ1v) is 6.95. The van der Waals surface area contributed by atoms with E-state index in [9.17, 15) is 4.79 Å². The summed E-state index contributed by atoms with van der Waals surface area (Å²) in [6.07, 6.45) is 0. The van der Waals surface area contributed by atoms with Crippen LogP contribution < -0.4 is 10.1 Å². The van der Waals surface area contributed by atoms with Gasteiger partial charge >= 0.3 is 0 Å². The first kappa shape index (κ1) is 14.5. The highest BCUT2D eigenvalue weighted by molar-refractivity contribution is 9.10. The Morgan fingerprint density at radius 3 is 2.70 bits per heavy atom. The zero-order valence-electron chi connectivity index (χ0n) is 11.2. The normalized spacial score (nSPS) is 10.2. The van der Waals surface area contributed by atoms with Gasteiger partial charge in [-0.2, -0.15) is 0 Å². The van der Waals surface area contributed by atoms with Gasteiger partial charge in [0.05, 0.1) is 4.47 Å². The number of amides is 1. The fourth-order valence-corrected chi connectivity index (χ4v) is 2.12. The summed E-state index contributed by atoms with van der Waals surface area (Å²) in [5, 5.41) is 10.4. The van der Waals surface area contributed by atoms with E-state index < -0.39 is 0 Å². The molecule has 1 amide bonds. The zero-order valence-corrected chi connectivity index (χ0v) is 12.8. The Morgan fingerprint density at radius 2 is 2.10 bits per heavy atom. The molecule has 0 aliphatic heterocycles. The SMILES string of the molecule is CCNC(=O)c1ccc(Oc2ccc(C)cc2Br)nn1. The number of carbonyl (C=O) groups is 1. The van der Waals surface area contributed by atoms with E-state index in [-0.39, 0.29) is 11.6 Å². The second-order valence-electron chi connectivity index (χ2n) is 4.15. The van der Waals surface area contributed by atoms with Gasteiger partial charge in [0.25, 0.3) is 5.91 Å². The lowest BCUT2D eigenvalue weighted by Crippen LogP contribution is -2.23. The number of nitrogens with one attached hydrogen (secondary N) is 1. The van der Waals surface area contributed by atoms with Gasteiger partial charge in [-0.3, -0.25) is 4.79 Å². The third kappa shape index (κ3) is 3.54. The average Bonchev–Trinajstić information content (AvgIpc) is 2.43. The molecule has 6 heteroatoms. The minimum atomic E-state index is -0.247. The van der Waals surface area contributed by atoms with Crippen molar-refractivity contribution in [3.63, 3.8) is 0 Å². The van der Waals surface area contributed by atoms with Crippen LogP contribution in [0.3, 0.4) is 0 Å². The molecule has 1 aromatic carbocycles. The highest BCUT2D eigenvalue weighted by Gasteiger charge is 2.08. The number of aromatic nitrogens is 2. The number of aryl methyl sites for hydroxylation is 1. The Morgan fingerprint density at radius 1 is 1.30 bits per heavy atom. The van der Waals surface area contributed by atoms with Gasteiger partial charge in [-0.25, -0.2) is 0 Å². The van der Waals surface area contributed by atoms with Crippen molar-refractivity contribution in [3.8, 4) is 11.6 Å². The molecule has 0 saturated heterocycles. The van der Waals surface area contributed by atoms with Crippen molar-refractivity contribution in [2.75, 3.05) is 6.54 Å². The molecule has 0 fully saturated rings. The topological polar surface area (TPSA) is 64.1 Å². The standard InChI is InChI=1S/C14H14BrN3O2/c1-3-16-14(19)11-5-7-13(18-17-11)20-12-6-4-9(2)8-10(12)15/h4-8H,3H2,1-2H3,(H,16,19). The lowest BCUT2D eigenvalue weighted by Gasteiger charge is -2.07. The average molecular weight is 336 g/mol. The molecule has 0 unspecified atom stereocenters. The maximum Gasteiger partial charge on any atom is 0.271 e. The van der Waals surface area contributed by atoms with Crippen LogP contribution in [0.2, 0.25) is 0 Å². The molecule has 0 bridgehead atoms. The number of carbonyl (C=O) groups excluding carboxylic acids is 1. The summed E-state index contributed by atoms with van der Waals surface area (Å²) in [5.41, 5.74) is 1.39. The molecular formula is C14H14BrN3O2. The van der Waals surface area contributed by atoms with E-state index in [1.807, 2.05) is 32.0 Å². The molecule has 0 radical (unpaired) electrons. The molecule has 0 aliphatic rings. The van der Waals surface area contributed by atoms with Crippen LogP contribution in [-0.4, -0.2) is 22.6 Å². The molecular weight excluding hydrogens is 322 g/mol. The summed E-state index contributed by atoms with van der Waals surface area (Å²) in [5.74, 6) is 0.737. The van der Waals surface area contributed by atoms with Gasteiger partial charge in [0.1, 0.15) is 5.75 Å². The van der Waals surface area contributed by atoms with Crippen LogP contribution in [-0.2, 0) is 0 Å². The fourth-order valence-electron chi connectivity index (χ4n) is 1.55. The number of halogens is 1. The van der Waals surface area contributed by atoms with Gasteiger partial charge in [0.2, 0.25) is 5.88 Å². The van der Waals surface area contributed by atoms with Crippen molar-refractivity contribution in [1.29, 1.82) is 0 Å². The quantitative estimate of drug-likeness (QED) is 0.932. The summed E-state index contributed by atoms with van der Waals surface area (Å²) >= 11 is 3.43. The highest BCUT2D eigenvalue weighted by Crippen LogP contribution is 2.29. The van der Waals surface area contributed by atoms with Crippen LogP contribution in [0.25, 0.3) is 0 Å². The summed E-state index contributed by atoms with van der Waals surface area (Å²) in [7, 11) is 0. The molecule has 0 atom stereocenters. The Bertz CT molecular complexity index is 614. The largest absolute Gasteiger partial charge is 0.436 e. The zero-order chi connectivity index (χ0) is 14.5. The smallest absolute Gasteiger partial charge is 0.271 e. The highest BCUT2D eigenvalue weighted by atomic mass is 79.9. The molecule has 0 spiro atoms. The van der Waals surface area contributed by atoms with Crippen molar-refractivity contribution in [2.24, 2.45) is 0 Å². The van der Waals surface area contributed by atoms with E-state index in [1.54, 1.807) is 12.1 Å².